The van der Waals surface area contributed by atoms with E-state index >= 15 is 0 Å². The number of rotatable bonds is 3. The van der Waals surface area contributed by atoms with Gasteiger partial charge in [0.1, 0.15) is 0 Å². The molecule has 0 amide bonds. The molecule has 78 valence electrons. The topological polar surface area (TPSA) is 25.8 Å². The lowest BCUT2D eigenvalue weighted by Gasteiger charge is -1.98. The largest absolute Gasteiger partial charge is 0.231 e. The van der Waals surface area contributed by atoms with Gasteiger partial charge in [-0.15, -0.1) is 11.3 Å². The van der Waals surface area contributed by atoms with Gasteiger partial charge in [0.2, 0.25) is 0 Å². The Labute approximate surface area is 105 Å². The Balaban J connectivity index is 1.99. The molecule has 0 N–H and O–H groups in total. The van der Waals surface area contributed by atoms with E-state index in [0.717, 1.165) is 21.1 Å². The third-order valence-corrected chi connectivity index (χ3v) is 4.53. The van der Waals surface area contributed by atoms with E-state index in [1.807, 2.05) is 13.0 Å². The lowest BCUT2D eigenvalue weighted by molar-refractivity contribution is 0.932. The number of aromatic nitrogens is 2. The molecule has 5 heteroatoms. The first-order chi connectivity index (χ1) is 7.24. The first kappa shape index (κ1) is 11.1. The van der Waals surface area contributed by atoms with Gasteiger partial charge in [-0.1, -0.05) is 11.8 Å². The number of hydrogen-bond acceptors (Lipinski definition) is 4. The van der Waals surface area contributed by atoms with Crippen molar-refractivity contribution >= 4 is 39.0 Å². The molecule has 0 aromatic carbocycles. The molecule has 2 aromatic heterocycles. The maximum Gasteiger partial charge on any atom is 0.188 e. The predicted octanol–water partition coefficient (Wildman–Crippen LogP) is 3.90. The summed E-state index contributed by atoms with van der Waals surface area (Å²) < 4.78 is 1.15. The van der Waals surface area contributed by atoms with Crippen LogP contribution in [0.4, 0.5) is 0 Å². The van der Waals surface area contributed by atoms with Crippen molar-refractivity contribution < 1.29 is 0 Å². The minimum absolute atomic E-state index is 0.847. The van der Waals surface area contributed by atoms with Gasteiger partial charge < -0.3 is 0 Å². The van der Waals surface area contributed by atoms with E-state index in [9.17, 15) is 0 Å². The average Bonchev–Trinajstić information content (AvgIpc) is 2.62. The molecule has 0 radical (unpaired) electrons. The molecule has 0 aliphatic rings. The molecule has 2 heterocycles. The van der Waals surface area contributed by atoms with E-state index in [4.69, 9.17) is 0 Å². The molecule has 2 rings (SSSR count). The van der Waals surface area contributed by atoms with E-state index in [0.29, 0.717) is 0 Å². The van der Waals surface area contributed by atoms with Crippen molar-refractivity contribution in [1.82, 2.24) is 9.97 Å². The van der Waals surface area contributed by atoms with Crippen molar-refractivity contribution in [3.05, 3.63) is 38.8 Å². The summed E-state index contributed by atoms with van der Waals surface area (Å²) in [4.78, 5) is 9.88. The summed E-state index contributed by atoms with van der Waals surface area (Å²) in [5, 5.41) is 2.94. The van der Waals surface area contributed by atoms with Gasteiger partial charge in [-0.3, -0.25) is 0 Å². The zero-order valence-electron chi connectivity index (χ0n) is 8.11. The van der Waals surface area contributed by atoms with Gasteiger partial charge in [0.05, 0.1) is 0 Å². The third-order valence-electron chi connectivity index (χ3n) is 1.74. The summed E-state index contributed by atoms with van der Waals surface area (Å²) in [6.45, 7) is 1.98. The zero-order chi connectivity index (χ0) is 10.7. The number of aryl methyl sites for hydroxylation is 1. The summed E-state index contributed by atoms with van der Waals surface area (Å²) in [7, 11) is 0. The maximum absolute atomic E-state index is 4.34. The second-order valence-electron chi connectivity index (χ2n) is 3.00. The monoisotopic (exact) mass is 300 g/mol. The van der Waals surface area contributed by atoms with Crippen molar-refractivity contribution in [2.24, 2.45) is 0 Å². The molecule has 0 unspecified atom stereocenters. The van der Waals surface area contributed by atoms with Crippen molar-refractivity contribution in [2.45, 2.75) is 17.8 Å². The van der Waals surface area contributed by atoms with Gasteiger partial charge in [0.15, 0.2) is 5.16 Å². The van der Waals surface area contributed by atoms with Crippen molar-refractivity contribution in [3.63, 3.8) is 0 Å². The molecule has 2 nitrogen and oxygen atoms in total. The van der Waals surface area contributed by atoms with Gasteiger partial charge in [0, 0.05) is 32.4 Å². The van der Waals surface area contributed by atoms with Crippen LogP contribution in [0.2, 0.25) is 0 Å². The lowest BCUT2D eigenvalue weighted by Crippen LogP contribution is -1.88. The number of thiophene rings is 1. The first-order valence-electron chi connectivity index (χ1n) is 4.39. The summed E-state index contributed by atoms with van der Waals surface area (Å²) in [6.07, 6.45) is 1.80. The average molecular weight is 301 g/mol. The summed E-state index contributed by atoms with van der Waals surface area (Å²) in [5.41, 5.74) is 1.01. The Hall–Kier alpha value is -0.390. The van der Waals surface area contributed by atoms with Crippen molar-refractivity contribution in [1.29, 1.82) is 0 Å². The molecule has 0 saturated carbocycles. The highest BCUT2D eigenvalue weighted by Crippen LogP contribution is 2.26. The van der Waals surface area contributed by atoms with E-state index in [2.05, 4.69) is 37.3 Å². The van der Waals surface area contributed by atoms with Crippen molar-refractivity contribution in [3.8, 4) is 0 Å². The summed E-state index contributed by atoms with van der Waals surface area (Å²) in [6, 6.07) is 4.04. The Morgan fingerprint density at radius 1 is 1.53 bits per heavy atom. The smallest absolute Gasteiger partial charge is 0.188 e. The Bertz CT molecular complexity index is 456. The fraction of sp³-hybridized carbons (Fsp3) is 0.200. The van der Waals surface area contributed by atoms with E-state index < -0.39 is 0 Å². The number of thioether (sulfide) groups is 1. The molecule has 0 bridgehead atoms. The van der Waals surface area contributed by atoms with Crippen LogP contribution in [0.3, 0.4) is 0 Å². The second kappa shape index (κ2) is 5.09. The van der Waals surface area contributed by atoms with E-state index in [1.165, 1.54) is 4.88 Å². The van der Waals surface area contributed by atoms with Crippen LogP contribution < -0.4 is 0 Å². The van der Waals surface area contributed by atoms with Gasteiger partial charge in [-0.25, -0.2) is 9.97 Å². The molecule has 0 aliphatic carbocycles. The minimum atomic E-state index is 0.847. The van der Waals surface area contributed by atoms with E-state index in [1.54, 1.807) is 29.3 Å². The quantitative estimate of drug-likeness (QED) is 0.635. The molecule has 0 spiro atoms. The van der Waals surface area contributed by atoms with E-state index in [-0.39, 0.29) is 0 Å². The highest BCUT2D eigenvalue weighted by atomic mass is 79.9. The summed E-state index contributed by atoms with van der Waals surface area (Å²) in [5.74, 6) is 0.930. The molecule has 15 heavy (non-hydrogen) atoms. The normalized spacial score (nSPS) is 10.5. The van der Waals surface area contributed by atoms with Gasteiger partial charge in [-0.05, 0) is 35.0 Å². The summed E-state index contributed by atoms with van der Waals surface area (Å²) >= 11 is 6.86. The lowest BCUT2D eigenvalue weighted by atomic mass is 10.5. The highest BCUT2D eigenvalue weighted by Gasteiger charge is 2.01. The first-order valence-corrected chi connectivity index (χ1v) is 7.05. The number of halogens is 1. The SMILES string of the molecule is Cc1ccnc(SCc2cc(Br)cs2)n1. The molecule has 0 atom stereocenters. The van der Waals surface area contributed by atoms with Crippen LogP contribution in [-0.2, 0) is 5.75 Å². The zero-order valence-corrected chi connectivity index (χ0v) is 11.3. The molecule has 0 saturated heterocycles. The fourth-order valence-corrected chi connectivity index (χ4v) is 3.44. The molecular formula is C10H9BrN2S2. The van der Waals surface area contributed by atoms with Gasteiger partial charge in [-0.2, -0.15) is 0 Å². The molecular weight excluding hydrogens is 292 g/mol. The standard InChI is InChI=1S/C10H9BrN2S2/c1-7-2-3-12-10(13-7)15-6-9-4-8(11)5-14-9/h2-5H,6H2,1H3. The van der Waals surface area contributed by atoms with Crippen LogP contribution in [0.5, 0.6) is 0 Å². The Morgan fingerprint density at radius 2 is 2.40 bits per heavy atom. The second-order valence-corrected chi connectivity index (χ2v) is 5.85. The minimum Gasteiger partial charge on any atom is -0.231 e. The Morgan fingerprint density at radius 3 is 3.07 bits per heavy atom. The van der Waals surface area contributed by atoms with Gasteiger partial charge >= 0.3 is 0 Å². The molecule has 2 aromatic rings. The predicted molar refractivity (Wildman–Crippen MR) is 68.3 cm³/mol. The Kier molecular flexibility index (Phi) is 3.77. The van der Waals surface area contributed by atoms with Crippen LogP contribution in [0.25, 0.3) is 0 Å². The van der Waals surface area contributed by atoms with Crippen LogP contribution in [0.15, 0.2) is 33.3 Å². The van der Waals surface area contributed by atoms with Crippen LogP contribution in [-0.4, -0.2) is 9.97 Å². The van der Waals surface area contributed by atoms with Gasteiger partial charge in [0.25, 0.3) is 0 Å². The number of nitrogens with zero attached hydrogens (tertiary/aromatic N) is 2. The maximum atomic E-state index is 4.34. The highest BCUT2D eigenvalue weighted by molar-refractivity contribution is 9.10. The van der Waals surface area contributed by atoms with Crippen LogP contribution in [0.1, 0.15) is 10.6 Å². The third kappa shape index (κ3) is 3.29. The van der Waals surface area contributed by atoms with Crippen molar-refractivity contribution in [2.75, 3.05) is 0 Å². The fourth-order valence-electron chi connectivity index (χ4n) is 1.06. The van der Waals surface area contributed by atoms with Crippen LogP contribution >= 0.6 is 39.0 Å². The number of hydrogen-bond donors (Lipinski definition) is 0. The van der Waals surface area contributed by atoms with Crippen LogP contribution in [0, 0.1) is 6.92 Å². The molecule has 0 fully saturated rings. The molecule has 0 aliphatic heterocycles.